The molecule has 0 N–H and O–H groups in total. The van der Waals surface area contributed by atoms with Gasteiger partial charge in [-0.25, -0.2) is 0 Å². The summed E-state index contributed by atoms with van der Waals surface area (Å²) in [6.45, 7) is 3.97. The van der Waals surface area contributed by atoms with Crippen LogP contribution in [0.3, 0.4) is 0 Å². The third kappa shape index (κ3) is 1.21. The first-order chi connectivity index (χ1) is 8.61. The Bertz CT molecular complexity index is 426. The van der Waals surface area contributed by atoms with Crippen molar-refractivity contribution < 1.29 is 0 Å². The Morgan fingerprint density at radius 2 is 1.17 bits per heavy atom. The summed E-state index contributed by atoms with van der Waals surface area (Å²) < 4.78 is 0. The van der Waals surface area contributed by atoms with E-state index in [1.54, 1.807) is 0 Å². The molecular weight excluding hydrogens is 224 g/mol. The van der Waals surface area contributed by atoms with Crippen molar-refractivity contribution in [2.24, 2.45) is 16.2 Å². The zero-order chi connectivity index (χ0) is 13.9. The summed E-state index contributed by atoms with van der Waals surface area (Å²) in [5, 5.41) is 37.4. The van der Waals surface area contributed by atoms with Crippen LogP contribution in [0.15, 0.2) is 0 Å². The molecule has 0 atom stereocenters. The van der Waals surface area contributed by atoms with Gasteiger partial charge in [-0.1, -0.05) is 33.1 Å². The van der Waals surface area contributed by atoms with Crippen molar-refractivity contribution in [1.82, 2.24) is 0 Å². The number of rotatable bonds is 5. The molecule has 4 heteroatoms. The molecule has 0 spiro atoms. The molecule has 0 amide bonds. The highest BCUT2D eigenvalue weighted by atomic mass is 14.8. The lowest BCUT2D eigenvalue weighted by atomic mass is 9.84. The summed E-state index contributed by atoms with van der Waals surface area (Å²) >= 11 is 0. The fourth-order valence-corrected chi connectivity index (χ4v) is 3.29. The molecule has 0 aliphatic heterocycles. The van der Waals surface area contributed by atoms with Gasteiger partial charge in [0.15, 0.2) is 10.8 Å². The van der Waals surface area contributed by atoms with Gasteiger partial charge >= 0.3 is 0 Å². The predicted molar refractivity (Wildman–Crippen MR) is 64.2 cm³/mol. The maximum absolute atomic E-state index is 9.34. The molecule has 4 nitrogen and oxygen atoms in total. The molecule has 0 radical (unpaired) electrons. The number of nitrogens with zero attached hydrogens (tertiary/aromatic N) is 4. The van der Waals surface area contributed by atoms with E-state index in [4.69, 9.17) is 0 Å². The summed E-state index contributed by atoms with van der Waals surface area (Å²) in [7, 11) is 0. The smallest absolute Gasteiger partial charge is 0.184 e. The molecule has 1 aliphatic carbocycles. The van der Waals surface area contributed by atoms with Gasteiger partial charge < -0.3 is 0 Å². The van der Waals surface area contributed by atoms with Crippen LogP contribution in [0.4, 0.5) is 0 Å². The number of unbranched alkanes of at least 4 members (excludes halogenated alkanes) is 1. The maximum Gasteiger partial charge on any atom is 0.184 e. The van der Waals surface area contributed by atoms with Crippen molar-refractivity contribution >= 4 is 0 Å². The van der Waals surface area contributed by atoms with Crippen LogP contribution in [-0.4, -0.2) is 0 Å². The van der Waals surface area contributed by atoms with Crippen molar-refractivity contribution in [3.8, 4) is 24.3 Å². The third-order valence-electron chi connectivity index (χ3n) is 4.24. The molecule has 0 aromatic rings. The Labute approximate surface area is 108 Å². The van der Waals surface area contributed by atoms with E-state index in [1.807, 2.05) is 38.1 Å². The Morgan fingerprint density at radius 1 is 0.722 bits per heavy atom. The number of hydrogen-bond donors (Lipinski definition) is 0. The van der Waals surface area contributed by atoms with Crippen molar-refractivity contribution in [1.29, 1.82) is 21.0 Å². The summed E-state index contributed by atoms with van der Waals surface area (Å²) in [4.78, 5) is 0. The summed E-state index contributed by atoms with van der Waals surface area (Å²) in [5.41, 5.74) is -3.67. The van der Waals surface area contributed by atoms with Gasteiger partial charge in [-0.05, 0) is 12.8 Å². The lowest BCUT2D eigenvalue weighted by molar-refractivity contribution is 0.341. The first kappa shape index (κ1) is 14.0. The number of nitriles is 4. The Kier molecular flexibility index (Phi) is 3.65. The van der Waals surface area contributed by atoms with E-state index in [0.29, 0.717) is 12.8 Å². The highest BCUT2D eigenvalue weighted by molar-refractivity contribution is 5.55. The molecular formula is C14H16N4. The fourth-order valence-electron chi connectivity index (χ4n) is 3.29. The summed E-state index contributed by atoms with van der Waals surface area (Å²) in [6, 6.07) is 7.89. The molecule has 92 valence electrons. The van der Waals surface area contributed by atoms with Crippen LogP contribution in [0, 0.1) is 61.6 Å². The second kappa shape index (κ2) is 4.68. The van der Waals surface area contributed by atoms with Gasteiger partial charge in [0, 0.05) is 5.41 Å². The second-order valence-electron chi connectivity index (χ2n) is 4.88. The molecule has 18 heavy (non-hydrogen) atoms. The van der Waals surface area contributed by atoms with Crippen LogP contribution in [0.25, 0.3) is 0 Å². The standard InChI is InChI=1S/C14H16N4/c1-3-5-7-12(6-4-2)13(8-15,9-16)14(12,10-17)11-18/h3-7H2,1-2H3. The third-order valence-corrected chi connectivity index (χ3v) is 4.24. The van der Waals surface area contributed by atoms with Crippen molar-refractivity contribution in [2.45, 2.75) is 46.0 Å². The molecule has 0 heterocycles. The largest absolute Gasteiger partial charge is 0.196 e. The molecule has 1 saturated carbocycles. The highest BCUT2D eigenvalue weighted by Crippen LogP contribution is 2.81. The van der Waals surface area contributed by atoms with E-state index < -0.39 is 16.2 Å². The van der Waals surface area contributed by atoms with Gasteiger partial charge in [-0.15, -0.1) is 0 Å². The Morgan fingerprint density at radius 3 is 1.44 bits per heavy atom. The van der Waals surface area contributed by atoms with E-state index in [1.165, 1.54) is 0 Å². The molecule has 1 rings (SSSR count). The van der Waals surface area contributed by atoms with Crippen LogP contribution >= 0.6 is 0 Å². The van der Waals surface area contributed by atoms with E-state index in [0.717, 1.165) is 19.3 Å². The highest BCUT2D eigenvalue weighted by Gasteiger charge is 2.90. The molecule has 0 aromatic carbocycles. The van der Waals surface area contributed by atoms with Crippen LogP contribution in [0.1, 0.15) is 46.0 Å². The SMILES string of the molecule is CCCCC1(CCC)C(C#N)(C#N)C1(C#N)C#N. The fraction of sp³-hybridized carbons (Fsp3) is 0.714. The molecule has 0 saturated heterocycles. The van der Waals surface area contributed by atoms with Gasteiger partial charge in [0.1, 0.15) is 0 Å². The van der Waals surface area contributed by atoms with Gasteiger partial charge in [0.05, 0.1) is 24.3 Å². The van der Waals surface area contributed by atoms with Gasteiger partial charge in [-0.2, -0.15) is 21.0 Å². The zero-order valence-corrected chi connectivity index (χ0v) is 10.8. The average Bonchev–Trinajstić information content (AvgIpc) is 2.92. The minimum absolute atomic E-state index is 0.579. The number of hydrogen-bond acceptors (Lipinski definition) is 4. The van der Waals surface area contributed by atoms with Crippen molar-refractivity contribution in [3.63, 3.8) is 0 Å². The quantitative estimate of drug-likeness (QED) is 0.737. The van der Waals surface area contributed by atoms with Crippen LogP contribution in [0.2, 0.25) is 0 Å². The first-order valence-corrected chi connectivity index (χ1v) is 6.27. The minimum atomic E-state index is -1.45. The van der Waals surface area contributed by atoms with Gasteiger partial charge in [0.2, 0.25) is 0 Å². The zero-order valence-electron chi connectivity index (χ0n) is 10.8. The van der Waals surface area contributed by atoms with Crippen molar-refractivity contribution in [3.05, 3.63) is 0 Å². The Hall–Kier alpha value is -2.04. The predicted octanol–water partition coefficient (Wildman–Crippen LogP) is 3.04. The molecule has 0 aromatic heterocycles. The lowest BCUT2D eigenvalue weighted by Gasteiger charge is -2.16. The average molecular weight is 240 g/mol. The lowest BCUT2D eigenvalue weighted by Crippen LogP contribution is -2.12. The minimum Gasteiger partial charge on any atom is -0.196 e. The normalized spacial score (nSPS) is 20.8. The molecule has 1 aliphatic rings. The van der Waals surface area contributed by atoms with E-state index >= 15 is 0 Å². The molecule has 0 bridgehead atoms. The molecule has 0 unspecified atom stereocenters. The van der Waals surface area contributed by atoms with E-state index in [9.17, 15) is 21.0 Å². The van der Waals surface area contributed by atoms with Crippen LogP contribution < -0.4 is 0 Å². The van der Waals surface area contributed by atoms with Crippen LogP contribution in [0.5, 0.6) is 0 Å². The first-order valence-electron chi connectivity index (χ1n) is 6.27. The van der Waals surface area contributed by atoms with E-state index in [-0.39, 0.29) is 0 Å². The monoisotopic (exact) mass is 240 g/mol. The van der Waals surface area contributed by atoms with E-state index in [2.05, 4.69) is 0 Å². The summed E-state index contributed by atoms with van der Waals surface area (Å²) in [5.74, 6) is 0. The summed E-state index contributed by atoms with van der Waals surface area (Å²) in [6.07, 6.45) is 3.69. The molecule has 1 fully saturated rings. The van der Waals surface area contributed by atoms with Crippen molar-refractivity contribution in [2.75, 3.05) is 0 Å². The maximum atomic E-state index is 9.34. The Balaban J connectivity index is 3.36. The second-order valence-corrected chi connectivity index (χ2v) is 4.88. The van der Waals surface area contributed by atoms with Gasteiger partial charge in [0.25, 0.3) is 0 Å². The topological polar surface area (TPSA) is 95.2 Å². The van der Waals surface area contributed by atoms with Crippen LogP contribution in [-0.2, 0) is 0 Å². The van der Waals surface area contributed by atoms with Gasteiger partial charge in [-0.3, -0.25) is 0 Å².